The van der Waals surface area contributed by atoms with Crippen LogP contribution in [-0.4, -0.2) is 44.5 Å². The highest BCUT2D eigenvalue weighted by Crippen LogP contribution is 2.26. The molecule has 3 heterocycles. The van der Waals surface area contributed by atoms with Crippen molar-refractivity contribution >= 4 is 11.3 Å². The third-order valence-corrected chi connectivity index (χ3v) is 4.79. The summed E-state index contributed by atoms with van der Waals surface area (Å²) in [4.78, 5) is 7.04. The van der Waals surface area contributed by atoms with Gasteiger partial charge >= 0.3 is 0 Å². The number of aliphatic hydroxyl groups excluding tert-OH is 1. The van der Waals surface area contributed by atoms with Crippen LogP contribution in [0.2, 0.25) is 0 Å². The summed E-state index contributed by atoms with van der Waals surface area (Å²) < 4.78 is 1.83. The van der Waals surface area contributed by atoms with E-state index in [1.807, 2.05) is 10.9 Å². The van der Waals surface area contributed by atoms with Crippen molar-refractivity contribution in [2.75, 3.05) is 19.7 Å². The highest BCUT2D eigenvalue weighted by Gasteiger charge is 2.23. The molecular weight excluding hydrogens is 284 g/mol. The van der Waals surface area contributed by atoms with Crippen LogP contribution in [0, 0.1) is 6.92 Å². The molecule has 2 aromatic heterocycles. The molecule has 0 amide bonds. The van der Waals surface area contributed by atoms with E-state index >= 15 is 0 Å². The van der Waals surface area contributed by atoms with Crippen molar-refractivity contribution in [3.63, 3.8) is 0 Å². The van der Waals surface area contributed by atoms with Crippen molar-refractivity contribution < 1.29 is 5.11 Å². The Kier molecular flexibility index (Phi) is 4.67. The maximum Gasteiger partial charge on any atom is 0.0897 e. The lowest BCUT2D eigenvalue weighted by Gasteiger charge is -2.31. The molecule has 21 heavy (non-hydrogen) atoms. The first-order valence-corrected chi connectivity index (χ1v) is 8.40. The summed E-state index contributed by atoms with van der Waals surface area (Å²) in [6.07, 6.45) is 4.37. The van der Waals surface area contributed by atoms with Crippen molar-refractivity contribution in [3.05, 3.63) is 34.0 Å². The normalized spacial score (nSPS) is 20.0. The van der Waals surface area contributed by atoms with Gasteiger partial charge in [0, 0.05) is 30.6 Å². The molecule has 1 N–H and O–H groups in total. The number of aromatic nitrogens is 3. The van der Waals surface area contributed by atoms with Crippen LogP contribution < -0.4 is 0 Å². The third-order valence-electron chi connectivity index (χ3n) is 3.97. The van der Waals surface area contributed by atoms with Gasteiger partial charge in [0.15, 0.2) is 0 Å². The van der Waals surface area contributed by atoms with Gasteiger partial charge in [0.05, 0.1) is 29.5 Å². The molecule has 1 unspecified atom stereocenters. The smallest absolute Gasteiger partial charge is 0.0897 e. The van der Waals surface area contributed by atoms with E-state index in [2.05, 4.69) is 33.4 Å². The summed E-state index contributed by atoms with van der Waals surface area (Å²) >= 11 is 1.72. The molecule has 0 aliphatic carbocycles. The van der Waals surface area contributed by atoms with Crippen molar-refractivity contribution in [1.29, 1.82) is 0 Å². The molecule has 0 aromatic carbocycles. The zero-order valence-corrected chi connectivity index (χ0v) is 13.2. The average molecular weight is 306 g/mol. The van der Waals surface area contributed by atoms with Crippen LogP contribution in [0.25, 0.3) is 0 Å². The van der Waals surface area contributed by atoms with Crippen LogP contribution in [0.5, 0.6) is 0 Å². The maximum absolute atomic E-state index is 8.97. The van der Waals surface area contributed by atoms with E-state index in [1.54, 1.807) is 11.3 Å². The first-order chi connectivity index (χ1) is 10.2. The largest absolute Gasteiger partial charge is 0.394 e. The molecule has 1 fully saturated rings. The van der Waals surface area contributed by atoms with Gasteiger partial charge in [0.2, 0.25) is 0 Å². The second-order valence-electron chi connectivity index (χ2n) is 5.66. The maximum atomic E-state index is 8.97. The van der Waals surface area contributed by atoms with Crippen LogP contribution in [0.3, 0.4) is 0 Å². The Morgan fingerprint density at radius 3 is 3.14 bits per heavy atom. The Morgan fingerprint density at radius 1 is 1.48 bits per heavy atom. The minimum atomic E-state index is 0.140. The van der Waals surface area contributed by atoms with Gasteiger partial charge in [0.25, 0.3) is 0 Å². The Labute approximate surface area is 129 Å². The van der Waals surface area contributed by atoms with Gasteiger partial charge in [-0.15, -0.1) is 11.3 Å². The van der Waals surface area contributed by atoms with Crippen molar-refractivity contribution in [1.82, 2.24) is 19.7 Å². The van der Waals surface area contributed by atoms with Gasteiger partial charge in [-0.25, -0.2) is 4.98 Å². The SMILES string of the molecule is Cc1nc(CN2CCCC(c3ccn(CCO)n3)C2)cs1. The lowest BCUT2D eigenvalue weighted by molar-refractivity contribution is 0.196. The summed E-state index contributed by atoms with van der Waals surface area (Å²) in [5, 5.41) is 16.9. The minimum Gasteiger partial charge on any atom is -0.394 e. The molecule has 0 spiro atoms. The first-order valence-electron chi connectivity index (χ1n) is 7.52. The lowest BCUT2D eigenvalue weighted by atomic mass is 9.95. The average Bonchev–Trinajstić information content (AvgIpc) is 3.09. The molecule has 0 saturated carbocycles. The van der Waals surface area contributed by atoms with Gasteiger partial charge in [0.1, 0.15) is 0 Å². The Morgan fingerprint density at radius 2 is 2.38 bits per heavy atom. The quantitative estimate of drug-likeness (QED) is 0.918. The van der Waals surface area contributed by atoms with E-state index in [1.165, 1.54) is 18.5 Å². The van der Waals surface area contributed by atoms with E-state index in [0.29, 0.717) is 12.5 Å². The summed E-state index contributed by atoms with van der Waals surface area (Å²) in [7, 11) is 0. The van der Waals surface area contributed by atoms with Crippen molar-refractivity contribution in [3.8, 4) is 0 Å². The second-order valence-corrected chi connectivity index (χ2v) is 6.72. The van der Waals surface area contributed by atoms with Crippen LogP contribution in [0.15, 0.2) is 17.6 Å². The van der Waals surface area contributed by atoms with Gasteiger partial charge in [-0.05, 0) is 32.4 Å². The number of thiazole rings is 1. The summed E-state index contributed by atoms with van der Waals surface area (Å²) in [6.45, 7) is 5.91. The van der Waals surface area contributed by atoms with E-state index in [4.69, 9.17) is 5.11 Å². The number of likely N-dealkylation sites (tertiary alicyclic amines) is 1. The van der Waals surface area contributed by atoms with E-state index in [9.17, 15) is 0 Å². The molecule has 3 rings (SSSR count). The van der Waals surface area contributed by atoms with E-state index in [0.717, 1.165) is 30.3 Å². The number of nitrogens with zero attached hydrogens (tertiary/aromatic N) is 4. The third kappa shape index (κ3) is 3.70. The fourth-order valence-electron chi connectivity index (χ4n) is 2.97. The Hall–Kier alpha value is -1.24. The molecule has 0 radical (unpaired) electrons. The number of hydrogen-bond acceptors (Lipinski definition) is 5. The van der Waals surface area contributed by atoms with Gasteiger partial charge in [-0.3, -0.25) is 9.58 Å². The van der Waals surface area contributed by atoms with Crippen LogP contribution >= 0.6 is 11.3 Å². The molecule has 6 heteroatoms. The summed E-state index contributed by atoms with van der Waals surface area (Å²) in [6, 6.07) is 2.09. The number of aryl methyl sites for hydroxylation is 1. The number of piperidine rings is 1. The van der Waals surface area contributed by atoms with Crippen LogP contribution in [0.1, 0.15) is 35.2 Å². The number of rotatable bonds is 5. The predicted octanol–water partition coefficient (Wildman–Crippen LogP) is 2.02. The summed E-state index contributed by atoms with van der Waals surface area (Å²) in [5.74, 6) is 0.499. The second kappa shape index (κ2) is 6.68. The minimum absolute atomic E-state index is 0.140. The lowest BCUT2D eigenvalue weighted by Crippen LogP contribution is -2.34. The molecule has 2 aromatic rings. The Balaban J connectivity index is 1.61. The number of hydrogen-bond donors (Lipinski definition) is 1. The van der Waals surface area contributed by atoms with Crippen molar-refractivity contribution in [2.24, 2.45) is 0 Å². The van der Waals surface area contributed by atoms with Gasteiger partial charge in [-0.2, -0.15) is 5.10 Å². The molecule has 5 nitrogen and oxygen atoms in total. The van der Waals surface area contributed by atoms with Gasteiger partial charge < -0.3 is 5.11 Å². The van der Waals surface area contributed by atoms with E-state index in [-0.39, 0.29) is 6.61 Å². The molecular formula is C15H22N4OS. The molecule has 114 valence electrons. The zero-order valence-electron chi connectivity index (χ0n) is 12.4. The molecule has 0 bridgehead atoms. The highest BCUT2D eigenvalue weighted by molar-refractivity contribution is 7.09. The summed E-state index contributed by atoms with van der Waals surface area (Å²) in [5.41, 5.74) is 2.34. The molecule has 1 aliphatic heterocycles. The molecule has 1 saturated heterocycles. The highest BCUT2D eigenvalue weighted by atomic mass is 32.1. The topological polar surface area (TPSA) is 54.2 Å². The fraction of sp³-hybridized carbons (Fsp3) is 0.600. The monoisotopic (exact) mass is 306 g/mol. The van der Waals surface area contributed by atoms with E-state index < -0.39 is 0 Å². The standard InChI is InChI=1S/C15H22N4OS/c1-12-16-14(11-21-12)10-18-5-2-3-13(9-18)15-4-6-19(17-15)7-8-20/h4,6,11,13,20H,2-3,5,7-10H2,1H3. The van der Waals surface area contributed by atoms with Crippen LogP contribution in [0.4, 0.5) is 0 Å². The molecule has 1 atom stereocenters. The molecule has 1 aliphatic rings. The Bertz CT molecular complexity index is 580. The van der Waals surface area contributed by atoms with Crippen molar-refractivity contribution in [2.45, 2.75) is 38.8 Å². The fourth-order valence-corrected chi connectivity index (χ4v) is 3.58. The first kappa shape index (κ1) is 14.7. The van der Waals surface area contributed by atoms with Gasteiger partial charge in [-0.1, -0.05) is 0 Å². The predicted molar refractivity (Wildman–Crippen MR) is 83.4 cm³/mol. The van der Waals surface area contributed by atoms with Crippen LogP contribution in [-0.2, 0) is 13.1 Å². The zero-order chi connectivity index (χ0) is 14.7. The number of aliphatic hydroxyl groups is 1.